The van der Waals surface area contributed by atoms with Gasteiger partial charge in [-0.2, -0.15) is 0 Å². The minimum atomic E-state index is -0.414. The molecule has 0 unspecified atom stereocenters. The summed E-state index contributed by atoms with van der Waals surface area (Å²) in [5, 5.41) is 2.56. The lowest BCUT2D eigenvalue weighted by Gasteiger charge is -2.04. The Morgan fingerprint density at radius 1 is 1.29 bits per heavy atom. The van der Waals surface area contributed by atoms with Crippen LogP contribution in [0.5, 0.6) is 5.75 Å². The number of esters is 1. The number of aromatic nitrogens is 1. The lowest BCUT2D eigenvalue weighted by Crippen LogP contribution is -2.14. The summed E-state index contributed by atoms with van der Waals surface area (Å²) in [6.07, 6.45) is 1.62. The van der Waals surface area contributed by atoms with Crippen LogP contribution < -0.4 is 10.1 Å². The van der Waals surface area contributed by atoms with E-state index in [1.807, 2.05) is 0 Å². The molecule has 1 aromatic rings. The van der Waals surface area contributed by atoms with Crippen LogP contribution in [0.3, 0.4) is 0 Å². The van der Waals surface area contributed by atoms with Crippen LogP contribution >= 0.6 is 0 Å². The summed E-state index contributed by atoms with van der Waals surface area (Å²) >= 11 is 0. The van der Waals surface area contributed by atoms with E-state index in [1.54, 1.807) is 12.1 Å². The van der Waals surface area contributed by atoms with Crippen LogP contribution in [0.25, 0.3) is 0 Å². The number of methoxy groups -OCH3 is 2. The number of pyridine rings is 1. The number of amides is 1. The molecular weight excluding hydrogens is 224 g/mol. The van der Waals surface area contributed by atoms with E-state index in [9.17, 15) is 9.59 Å². The highest BCUT2D eigenvalue weighted by molar-refractivity contribution is 5.91. The van der Waals surface area contributed by atoms with Gasteiger partial charge in [-0.1, -0.05) is 0 Å². The Kier molecular flexibility index (Phi) is 4.93. The molecule has 17 heavy (non-hydrogen) atoms. The topological polar surface area (TPSA) is 77.5 Å². The van der Waals surface area contributed by atoms with E-state index in [4.69, 9.17) is 4.74 Å². The van der Waals surface area contributed by atoms with Crippen LogP contribution in [-0.4, -0.2) is 31.1 Å². The highest BCUT2D eigenvalue weighted by atomic mass is 16.5. The maximum absolute atomic E-state index is 11.4. The Balaban J connectivity index is 2.42. The molecule has 0 aliphatic heterocycles. The van der Waals surface area contributed by atoms with Crippen LogP contribution in [0, 0.1) is 0 Å². The predicted octanol–water partition coefficient (Wildman–Crippen LogP) is 0.982. The second-order valence-electron chi connectivity index (χ2n) is 3.21. The first-order chi connectivity index (χ1) is 8.15. The fourth-order valence-corrected chi connectivity index (χ4v) is 1.10. The van der Waals surface area contributed by atoms with Crippen molar-refractivity contribution in [3.63, 3.8) is 0 Å². The van der Waals surface area contributed by atoms with Gasteiger partial charge < -0.3 is 14.8 Å². The summed E-state index contributed by atoms with van der Waals surface area (Å²) < 4.78 is 9.36. The quantitative estimate of drug-likeness (QED) is 0.774. The zero-order chi connectivity index (χ0) is 12.7. The van der Waals surface area contributed by atoms with Gasteiger partial charge in [-0.05, 0) is 12.1 Å². The molecule has 0 aromatic carbocycles. The smallest absolute Gasteiger partial charge is 0.306 e. The van der Waals surface area contributed by atoms with Crippen molar-refractivity contribution in [1.82, 2.24) is 4.98 Å². The number of rotatable bonds is 5. The van der Waals surface area contributed by atoms with Gasteiger partial charge in [0.1, 0.15) is 11.6 Å². The molecule has 0 fully saturated rings. The fourth-order valence-electron chi connectivity index (χ4n) is 1.10. The molecule has 0 saturated heterocycles. The van der Waals surface area contributed by atoms with Crippen molar-refractivity contribution in [3.05, 3.63) is 18.3 Å². The summed E-state index contributed by atoms with van der Waals surface area (Å²) in [6.45, 7) is 0. The second kappa shape index (κ2) is 6.47. The maximum Gasteiger partial charge on any atom is 0.306 e. The molecule has 0 spiro atoms. The van der Waals surface area contributed by atoms with E-state index >= 15 is 0 Å². The van der Waals surface area contributed by atoms with Crippen molar-refractivity contribution in [1.29, 1.82) is 0 Å². The van der Waals surface area contributed by atoms with Gasteiger partial charge in [-0.3, -0.25) is 9.59 Å². The number of ether oxygens (including phenoxy) is 2. The highest BCUT2D eigenvalue weighted by Crippen LogP contribution is 2.11. The molecule has 0 aliphatic rings. The van der Waals surface area contributed by atoms with E-state index in [-0.39, 0.29) is 18.7 Å². The number of hydrogen-bond donors (Lipinski definition) is 1. The Morgan fingerprint density at radius 2 is 2.06 bits per heavy atom. The van der Waals surface area contributed by atoms with Crippen molar-refractivity contribution in [2.45, 2.75) is 12.8 Å². The van der Waals surface area contributed by atoms with Gasteiger partial charge >= 0.3 is 5.97 Å². The first kappa shape index (κ1) is 13.0. The molecule has 0 bridgehead atoms. The Morgan fingerprint density at radius 3 is 2.59 bits per heavy atom. The molecule has 92 valence electrons. The minimum absolute atomic E-state index is 0.0541. The van der Waals surface area contributed by atoms with Crippen molar-refractivity contribution >= 4 is 17.7 Å². The Bertz CT molecular complexity index is 389. The van der Waals surface area contributed by atoms with Gasteiger partial charge in [0, 0.05) is 6.42 Å². The third-order valence-corrected chi connectivity index (χ3v) is 2.02. The molecule has 0 radical (unpaired) electrons. The van der Waals surface area contributed by atoms with Crippen LogP contribution in [0.2, 0.25) is 0 Å². The zero-order valence-corrected chi connectivity index (χ0v) is 9.73. The first-order valence-corrected chi connectivity index (χ1v) is 5.02. The first-order valence-electron chi connectivity index (χ1n) is 5.02. The Hall–Kier alpha value is -2.11. The third kappa shape index (κ3) is 4.50. The van der Waals surface area contributed by atoms with Gasteiger partial charge in [-0.15, -0.1) is 0 Å². The van der Waals surface area contributed by atoms with E-state index < -0.39 is 5.97 Å². The lowest BCUT2D eigenvalue weighted by atomic mass is 10.3. The molecule has 0 atom stereocenters. The number of carbonyl (C=O) groups is 2. The van der Waals surface area contributed by atoms with Crippen LogP contribution in [0.1, 0.15) is 12.8 Å². The summed E-state index contributed by atoms with van der Waals surface area (Å²) in [7, 11) is 2.82. The summed E-state index contributed by atoms with van der Waals surface area (Å²) in [5.74, 6) is 0.328. The molecule has 6 nitrogen and oxygen atoms in total. The minimum Gasteiger partial charge on any atom is -0.495 e. The average molecular weight is 238 g/mol. The van der Waals surface area contributed by atoms with Crippen molar-refractivity contribution < 1.29 is 19.1 Å². The third-order valence-electron chi connectivity index (χ3n) is 2.02. The van der Waals surface area contributed by atoms with Crippen LogP contribution in [-0.2, 0) is 14.3 Å². The van der Waals surface area contributed by atoms with Gasteiger partial charge in [0.05, 0.1) is 26.8 Å². The van der Waals surface area contributed by atoms with Crippen LogP contribution in [0.4, 0.5) is 5.82 Å². The summed E-state index contributed by atoms with van der Waals surface area (Å²) in [5.41, 5.74) is 0. The largest absolute Gasteiger partial charge is 0.495 e. The lowest BCUT2D eigenvalue weighted by molar-refractivity contribution is -0.141. The fraction of sp³-hybridized carbons (Fsp3) is 0.364. The number of nitrogens with one attached hydrogen (secondary N) is 1. The van der Waals surface area contributed by atoms with E-state index in [1.165, 1.54) is 20.4 Å². The van der Waals surface area contributed by atoms with E-state index in [0.717, 1.165) is 0 Å². The number of anilines is 1. The monoisotopic (exact) mass is 238 g/mol. The summed E-state index contributed by atoms with van der Waals surface area (Å²) in [6, 6.07) is 3.30. The molecule has 0 saturated carbocycles. The standard InChI is InChI=1S/C11H14N2O4/c1-16-8-3-4-9(12-7-8)13-10(14)5-6-11(15)17-2/h3-4,7H,5-6H2,1-2H3,(H,12,13,14). The number of carbonyl (C=O) groups excluding carboxylic acids is 2. The van der Waals surface area contributed by atoms with Crippen molar-refractivity contribution in [2.75, 3.05) is 19.5 Å². The molecule has 1 N–H and O–H groups in total. The molecule has 1 heterocycles. The van der Waals surface area contributed by atoms with Gasteiger partial charge in [0.2, 0.25) is 5.91 Å². The summed E-state index contributed by atoms with van der Waals surface area (Å²) in [4.78, 5) is 26.2. The van der Waals surface area contributed by atoms with E-state index in [2.05, 4.69) is 15.0 Å². The molecule has 6 heteroatoms. The average Bonchev–Trinajstić information content (AvgIpc) is 2.36. The molecule has 1 aromatic heterocycles. The van der Waals surface area contributed by atoms with Gasteiger partial charge in [0.15, 0.2) is 0 Å². The SMILES string of the molecule is COC(=O)CCC(=O)Nc1ccc(OC)cn1. The van der Waals surface area contributed by atoms with Crippen molar-refractivity contribution in [3.8, 4) is 5.75 Å². The zero-order valence-electron chi connectivity index (χ0n) is 9.73. The van der Waals surface area contributed by atoms with Crippen LogP contribution in [0.15, 0.2) is 18.3 Å². The highest BCUT2D eigenvalue weighted by Gasteiger charge is 2.07. The van der Waals surface area contributed by atoms with Gasteiger partial charge in [-0.25, -0.2) is 4.98 Å². The van der Waals surface area contributed by atoms with Crippen molar-refractivity contribution in [2.24, 2.45) is 0 Å². The molecule has 1 amide bonds. The van der Waals surface area contributed by atoms with Gasteiger partial charge in [0.25, 0.3) is 0 Å². The van der Waals surface area contributed by atoms with E-state index in [0.29, 0.717) is 11.6 Å². The normalized spacial score (nSPS) is 9.53. The number of hydrogen-bond acceptors (Lipinski definition) is 5. The maximum atomic E-state index is 11.4. The second-order valence-corrected chi connectivity index (χ2v) is 3.21. The predicted molar refractivity (Wildman–Crippen MR) is 60.7 cm³/mol. The molecule has 0 aliphatic carbocycles. The Labute approximate surface area is 98.9 Å². The molecule has 1 rings (SSSR count). The molecular formula is C11H14N2O4. The number of nitrogens with zero attached hydrogens (tertiary/aromatic N) is 1.